The summed E-state index contributed by atoms with van der Waals surface area (Å²) in [6.45, 7) is 1.65. The minimum absolute atomic E-state index is 0.0644. The summed E-state index contributed by atoms with van der Waals surface area (Å²) in [6.07, 6.45) is 4.45. The van der Waals surface area contributed by atoms with Crippen molar-refractivity contribution in [3.8, 4) is 0 Å². The Morgan fingerprint density at radius 3 is 2.95 bits per heavy atom. The molecular weight excluding hydrogens is 264 g/mol. The van der Waals surface area contributed by atoms with E-state index < -0.39 is 10.8 Å². The summed E-state index contributed by atoms with van der Waals surface area (Å²) in [5.74, 6) is -0.418. The average Bonchev–Trinajstić information content (AvgIpc) is 2.77. The van der Waals surface area contributed by atoms with E-state index in [0.29, 0.717) is 11.3 Å². The van der Waals surface area contributed by atoms with Crippen LogP contribution in [0.25, 0.3) is 0 Å². The molecule has 0 aromatic carbocycles. The molecule has 0 radical (unpaired) electrons. The average molecular weight is 276 g/mol. The number of hydrogen-bond acceptors (Lipinski definition) is 6. The van der Waals surface area contributed by atoms with E-state index in [1.54, 1.807) is 6.92 Å². The molecule has 0 aliphatic heterocycles. The highest BCUT2D eigenvalue weighted by Crippen LogP contribution is 2.25. The van der Waals surface area contributed by atoms with Crippen molar-refractivity contribution in [3.63, 3.8) is 0 Å². The summed E-state index contributed by atoms with van der Waals surface area (Å²) in [4.78, 5) is 25.2. The van der Waals surface area contributed by atoms with E-state index in [9.17, 15) is 14.9 Å². The standard InChI is InChI=1S/C11H12N6O3/c1-7-2-9(17(19)20)11(13-3-7)15-8-4-14-16(5-8)6-10(12)18/h2-5H,6H2,1H3,(H2,12,18)(H,13,15). The molecular formula is C11H12N6O3. The van der Waals surface area contributed by atoms with E-state index in [1.807, 2.05) is 0 Å². The van der Waals surface area contributed by atoms with Crippen molar-refractivity contribution in [1.29, 1.82) is 0 Å². The lowest BCUT2D eigenvalue weighted by Gasteiger charge is -2.04. The lowest BCUT2D eigenvalue weighted by molar-refractivity contribution is -0.384. The van der Waals surface area contributed by atoms with Gasteiger partial charge < -0.3 is 11.1 Å². The number of pyridine rings is 1. The van der Waals surface area contributed by atoms with Gasteiger partial charge in [-0.3, -0.25) is 19.6 Å². The van der Waals surface area contributed by atoms with Gasteiger partial charge in [0.1, 0.15) is 6.54 Å². The molecule has 2 heterocycles. The van der Waals surface area contributed by atoms with E-state index in [0.717, 1.165) is 0 Å². The SMILES string of the molecule is Cc1cnc(Nc2cnn(CC(N)=O)c2)c([N+](=O)[O-])c1. The number of aromatic nitrogens is 3. The first-order chi connectivity index (χ1) is 9.45. The summed E-state index contributed by atoms with van der Waals surface area (Å²) >= 11 is 0. The molecule has 0 bridgehead atoms. The smallest absolute Gasteiger partial charge is 0.311 e. The summed E-state index contributed by atoms with van der Waals surface area (Å²) < 4.78 is 1.32. The number of primary amides is 1. The van der Waals surface area contributed by atoms with Gasteiger partial charge in [-0.15, -0.1) is 0 Å². The van der Waals surface area contributed by atoms with E-state index in [4.69, 9.17) is 5.73 Å². The number of rotatable bonds is 5. The van der Waals surface area contributed by atoms with Crippen LogP contribution in [0, 0.1) is 17.0 Å². The van der Waals surface area contributed by atoms with Gasteiger partial charge in [0.2, 0.25) is 11.7 Å². The number of amides is 1. The van der Waals surface area contributed by atoms with Gasteiger partial charge in [-0.25, -0.2) is 4.98 Å². The third-order valence-electron chi connectivity index (χ3n) is 2.41. The topological polar surface area (TPSA) is 129 Å². The second-order valence-electron chi connectivity index (χ2n) is 4.16. The van der Waals surface area contributed by atoms with Gasteiger partial charge in [-0.2, -0.15) is 5.10 Å². The molecule has 0 aliphatic rings. The maximum Gasteiger partial charge on any atom is 0.311 e. The first kappa shape index (κ1) is 13.5. The molecule has 0 aliphatic carbocycles. The summed E-state index contributed by atoms with van der Waals surface area (Å²) in [6, 6.07) is 1.42. The van der Waals surface area contributed by atoms with Gasteiger partial charge in [-0.1, -0.05) is 0 Å². The molecule has 0 fully saturated rings. The molecule has 1 amide bonds. The Hall–Kier alpha value is -2.97. The van der Waals surface area contributed by atoms with E-state index in [1.165, 1.54) is 29.3 Å². The van der Waals surface area contributed by atoms with Crippen molar-refractivity contribution in [1.82, 2.24) is 14.8 Å². The van der Waals surface area contributed by atoms with Gasteiger partial charge >= 0.3 is 5.69 Å². The first-order valence-corrected chi connectivity index (χ1v) is 5.64. The molecule has 0 unspecified atom stereocenters. The number of hydrogen-bond donors (Lipinski definition) is 2. The molecule has 0 spiro atoms. The minimum atomic E-state index is -0.529. The Balaban J connectivity index is 2.23. The molecule has 0 saturated carbocycles. The zero-order valence-electron chi connectivity index (χ0n) is 10.6. The predicted octanol–water partition coefficient (Wildman–Crippen LogP) is 0.724. The van der Waals surface area contributed by atoms with Crippen LogP contribution in [0.1, 0.15) is 5.56 Å². The number of nitrogens with one attached hydrogen (secondary N) is 1. The van der Waals surface area contributed by atoms with Crippen LogP contribution in [-0.2, 0) is 11.3 Å². The fourth-order valence-electron chi connectivity index (χ4n) is 1.60. The zero-order valence-corrected chi connectivity index (χ0v) is 10.6. The van der Waals surface area contributed by atoms with Crippen LogP contribution in [0.2, 0.25) is 0 Å². The van der Waals surface area contributed by atoms with Crippen LogP contribution in [0.5, 0.6) is 0 Å². The van der Waals surface area contributed by atoms with E-state index in [2.05, 4.69) is 15.4 Å². The van der Waals surface area contributed by atoms with Crippen LogP contribution in [0.4, 0.5) is 17.2 Å². The molecule has 2 aromatic heterocycles. The minimum Gasteiger partial charge on any atom is -0.368 e. The molecule has 9 heteroatoms. The number of aryl methyl sites for hydroxylation is 1. The summed E-state index contributed by atoms with van der Waals surface area (Å²) in [5.41, 5.74) is 6.08. The normalized spacial score (nSPS) is 10.2. The Morgan fingerprint density at radius 1 is 1.55 bits per heavy atom. The number of anilines is 2. The van der Waals surface area contributed by atoms with Gasteiger partial charge in [0, 0.05) is 18.5 Å². The monoisotopic (exact) mass is 276 g/mol. The molecule has 3 N–H and O–H groups in total. The number of carbonyl (C=O) groups is 1. The number of carbonyl (C=O) groups excluding carboxylic acids is 1. The van der Waals surface area contributed by atoms with Crippen molar-refractivity contribution in [2.75, 3.05) is 5.32 Å². The maximum absolute atomic E-state index is 11.0. The third-order valence-corrected chi connectivity index (χ3v) is 2.41. The highest BCUT2D eigenvalue weighted by atomic mass is 16.6. The Labute approximate surface area is 113 Å². The van der Waals surface area contributed by atoms with Gasteiger partial charge in [0.15, 0.2) is 0 Å². The van der Waals surface area contributed by atoms with Crippen molar-refractivity contribution < 1.29 is 9.72 Å². The van der Waals surface area contributed by atoms with Crippen LogP contribution in [0.15, 0.2) is 24.7 Å². The summed E-state index contributed by atoms with van der Waals surface area (Å²) in [7, 11) is 0. The Bertz CT molecular complexity index is 666. The van der Waals surface area contributed by atoms with E-state index >= 15 is 0 Å². The largest absolute Gasteiger partial charge is 0.368 e. The van der Waals surface area contributed by atoms with Crippen molar-refractivity contribution in [2.45, 2.75) is 13.5 Å². The molecule has 2 aromatic rings. The van der Waals surface area contributed by atoms with Crippen LogP contribution in [0.3, 0.4) is 0 Å². The summed E-state index contributed by atoms with van der Waals surface area (Å²) in [5, 5.41) is 17.6. The maximum atomic E-state index is 11.0. The molecule has 9 nitrogen and oxygen atoms in total. The molecule has 0 atom stereocenters. The van der Waals surface area contributed by atoms with Crippen LogP contribution >= 0.6 is 0 Å². The number of nitro groups is 1. The van der Waals surface area contributed by atoms with Gasteiger partial charge in [-0.05, 0) is 12.5 Å². The second kappa shape index (κ2) is 5.34. The van der Waals surface area contributed by atoms with Crippen molar-refractivity contribution in [3.05, 3.63) is 40.3 Å². The van der Waals surface area contributed by atoms with Crippen LogP contribution in [-0.4, -0.2) is 25.6 Å². The Kier molecular flexibility index (Phi) is 3.60. The van der Waals surface area contributed by atoms with Crippen molar-refractivity contribution in [2.24, 2.45) is 5.73 Å². The number of nitrogens with zero attached hydrogens (tertiary/aromatic N) is 4. The highest BCUT2D eigenvalue weighted by molar-refractivity contribution is 5.73. The molecule has 104 valence electrons. The van der Waals surface area contributed by atoms with Crippen molar-refractivity contribution >= 4 is 23.1 Å². The molecule has 20 heavy (non-hydrogen) atoms. The fraction of sp³-hybridized carbons (Fsp3) is 0.182. The molecule has 0 saturated heterocycles. The Morgan fingerprint density at radius 2 is 2.30 bits per heavy atom. The quantitative estimate of drug-likeness (QED) is 0.611. The fourth-order valence-corrected chi connectivity index (χ4v) is 1.60. The number of nitrogens with two attached hydrogens (primary N) is 1. The lowest BCUT2D eigenvalue weighted by atomic mass is 10.3. The lowest BCUT2D eigenvalue weighted by Crippen LogP contribution is -2.18. The first-order valence-electron chi connectivity index (χ1n) is 5.64. The predicted molar refractivity (Wildman–Crippen MR) is 70.3 cm³/mol. The van der Waals surface area contributed by atoms with E-state index in [-0.39, 0.29) is 18.1 Å². The van der Waals surface area contributed by atoms with Gasteiger partial charge in [0.25, 0.3) is 0 Å². The third kappa shape index (κ3) is 3.07. The zero-order chi connectivity index (χ0) is 14.7. The second-order valence-corrected chi connectivity index (χ2v) is 4.16. The van der Waals surface area contributed by atoms with Gasteiger partial charge in [0.05, 0.1) is 16.8 Å². The van der Waals surface area contributed by atoms with Crippen LogP contribution < -0.4 is 11.1 Å². The molecule has 2 rings (SSSR count). The highest BCUT2D eigenvalue weighted by Gasteiger charge is 2.16.